The first-order chi connectivity index (χ1) is 10.4. The van der Waals surface area contributed by atoms with Crippen molar-refractivity contribution in [2.75, 3.05) is 6.26 Å². The highest BCUT2D eigenvalue weighted by Gasteiger charge is 2.08. The minimum absolute atomic E-state index is 0.801. The molecule has 0 radical (unpaired) electrons. The highest BCUT2D eigenvalue weighted by Crippen LogP contribution is 2.23. The van der Waals surface area contributed by atoms with Crippen LogP contribution in [0.5, 0.6) is 0 Å². The number of hydrogen-bond donors (Lipinski definition) is 0. The molecule has 0 atom stereocenters. The minimum atomic E-state index is 0.801. The van der Waals surface area contributed by atoms with E-state index in [1.54, 1.807) is 28.2 Å². The van der Waals surface area contributed by atoms with Gasteiger partial charge in [-0.15, -0.1) is 16.9 Å². The van der Waals surface area contributed by atoms with Gasteiger partial charge in [0, 0.05) is 10.6 Å². The maximum Gasteiger partial charge on any atom is 0.214 e. The molecule has 6 heteroatoms. The van der Waals surface area contributed by atoms with Crippen molar-refractivity contribution < 1.29 is 0 Å². The van der Waals surface area contributed by atoms with Gasteiger partial charge in [-0.3, -0.25) is 0 Å². The van der Waals surface area contributed by atoms with E-state index in [1.165, 1.54) is 10.5 Å². The summed E-state index contributed by atoms with van der Waals surface area (Å²) in [5, 5.41) is 12.7. The second kappa shape index (κ2) is 6.78. The molecule has 0 fully saturated rings. The molecule has 0 saturated heterocycles. The van der Waals surface area contributed by atoms with E-state index in [0.717, 1.165) is 16.6 Å². The number of para-hydroxylation sites is 1. The van der Waals surface area contributed by atoms with Crippen LogP contribution in [0.3, 0.4) is 0 Å². The number of benzene rings is 2. The lowest BCUT2D eigenvalue weighted by atomic mass is 10.2. The molecule has 4 nitrogen and oxygen atoms in total. The molecule has 3 rings (SSSR count). The smallest absolute Gasteiger partial charge is 0.188 e. The van der Waals surface area contributed by atoms with Crippen molar-refractivity contribution >= 4 is 23.5 Å². The van der Waals surface area contributed by atoms with E-state index >= 15 is 0 Å². The zero-order valence-electron chi connectivity index (χ0n) is 11.5. The van der Waals surface area contributed by atoms with Crippen molar-refractivity contribution in [2.24, 2.45) is 0 Å². The van der Waals surface area contributed by atoms with Crippen molar-refractivity contribution in [1.82, 2.24) is 20.2 Å². The Morgan fingerprint density at radius 3 is 2.48 bits per heavy atom. The van der Waals surface area contributed by atoms with Gasteiger partial charge >= 0.3 is 0 Å². The summed E-state index contributed by atoms with van der Waals surface area (Å²) in [5.41, 5.74) is 2.24. The lowest BCUT2D eigenvalue weighted by Gasteiger charge is -2.04. The van der Waals surface area contributed by atoms with Gasteiger partial charge in [0.1, 0.15) is 0 Å². The summed E-state index contributed by atoms with van der Waals surface area (Å²) in [4.78, 5) is 1.28. The van der Waals surface area contributed by atoms with Crippen LogP contribution in [-0.4, -0.2) is 26.5 Å². The third-order valence-electron chi connectivity index (χ3n) is 2.97. The molecule has 0 bridgehead atoms. The quantitative estimate of drug-likeness (QED) is 0.672. The number of aromatic nitrogens is 4. The van der Waals surface area contributed by atoms with E-state index in [-0.39, 0.29) is 0 Å². The first kappa shape index (κ1) is 14.2. The van der Waals surface area contributed by atoms with Gasteiger partial charge in [0.05, 0.1) is 5.69 Å². The van der Waals surface area contributed by atoms with Crippen molar-refractivity contribution in [3.63, 3.8) is 0 Å². The van der Waals surface area contributed by atoms with Crippen LogP contribution in [0.15, 0.2) is 64.6 Å². The average Bonchev–Trinajstić information content (AvgIpc) is 3.03. The normalized spacial score (nSPS) is 10.7. The molecule has 0 aliphatic carbocycles. The predicted molar refractivity (Wildman–Crippen MR) is 86.9 cm³/mol. The van der Waals surface area contributed by atoms with E-state index in [0.29, 0.717) is 0 Å². The summed E-state index contributed by atoms with van der Waals surface area (Å²) in [6.45, 7) is 0. The van der Waals surface area contributed by atoms with Crippen LogP contribution in [-0.2, 0) is 5.75 Å². The lowest BCUT2D eigenvalue weighted by Crippen LogP contribution is -1.98. The molecule has 0 spiro atoms. The molecule has 0 aliphatic heterocycles. The van der Waals surface area contributed by atoms with Crippen molar-refractivity contribution in [1.29, 1.82) is 0 Å². The van der Waals surface area contributed by atoms with Crippen LogP contribution in [0.2, 0.25) is 0 Å². The second-order valence-corrected chi connectivity index (χ2v) is 6.17. The van der Waals surface area contributed by atoms with E-state index in [9.17, 15) is 0 Å². The van der Waals surface area contributed by atoms with Crippen molar-refractivity contribution in [3.8, 4) is 5.69 Å². The molecule has 0 unspecified atom stereocenters. The molecule has 106 valence electrons. The Balaban J connectivity index is 1.72. The van der Waals surface area contributed by atoms with Gasteiger partial charge < -0.3 is 0 Å². The van der Waals surface area contributed by atoms with E-state index < -0.39 is 0 Å². The lowest BCUT2D eigenvalue weighted by molar-refractivity contribution is 0.756. The SMILES string of the molecule is CSc1ccc(CSc2nnnn2-c2ccccc2)cc1. The largest absolute Gasteiger partial charge is 0.214 e. The Hall–Kier alpha value is -1.79. The molecular formula is C15H14N4S2. The van der Waals surface area contributed by atoms with Crippen LogP contribution >= 0.6 is 23.5 Å². The van der Waals surface area contributed by atoms with Crippen LogP contribution in [0.25, 0.3) is 5.69 Å². The predicted octanol–water partition coefficient (Wildman–Crippen LogP) is 3.68. The van der Waals surface area contributed by atoms with Crippen molar-refractivity contribution in [2.45, 2.75) is 15.8 Å². The van der Waals surface area contributed by atoms with Crippen molar-refractivity contribution in [3.05, 3.63) is 60.2 Å². The third-order valence-corrected chi connectivity index (χ3v) is 4.70. The topological polar surface area (TPSA) is 43.6 Å². The Morgan fingerprint density at radius 2 is 1.76 bits per heavy atom. The summed E-state index contributed by atoms with van der Waals surface area (Å²) in [7, 11) is 0. The monoisotopic (exact) mass is 314 g/mol. The van der Waals surface area contributed by atoms with Crippen LogP contribution in [0.1, 0.15) is 5.56 Å². The molecule has 0 N–H and O–H groups in total. The van der Waals surface area contributed by atoms with E-state index in [2.05, 4.69) is 46.0 Å². The van der Waals surface area contributed by atoms with Gasteiger partial charge in [0.25, 0.3) is 0 Å². The zero-order chi connectivity index (χ0) is 14.5. The zero-order valence-corrected chi connectivity index (χ0v) is 13.1. The van der Waals surface area contributed by atoms with Gasteiger partial charge in [0.15, 0.2) is 0 Å². The number of rotatable bonds is 5. The van der Waals surface area contributed by atoms with Gasteiger partial charge in [0.2, 0.25) is 5.16 Å². The Morgan fingerprint density at radius 1 is 1.00 bits per heavy atom. The summed E-state index contributed by atoms with van der Waals surface area (Å²) in [6.07, 6.45) is 2.08. The minimum Gasteiger partial charge on any atom is -0.188 e. The molecular weight excluding hydrogens is 300 g/mol. The first-order valence-electron chi connectivity index (χ1n) is 6.46. The summed E-state index contributed by atoms with van der Waals surface area (Å²) in [6, 6.07) is 18.5. The van der Waals surface area contributed by atoms with E-state index in [1.807, 2.05) is 30.3 Å². The van der Waals surface area contributed by atoms with E-state index in [4.69, 9.17) is 0 Å². The van der Waals surface area contributed by atoms with Crippen LogP contribution < -0.4 is 0 Å². The second-order valence-electron chi connectivity index (χ2n) is 4.35. The fourth-order valence-electron chi connectivity index (χ4n) is 1.87. The Labute approximate surface area is 132 Å². The summed E-state index contributed by atoms with van der Waals surface area (Å²) < 4.78 is 1.76. The van der Waals surface area contributed by atoms with Crippen LogP contribution in [0.4, 0.5) is 0 Å². The fourth-order valence-corrected chi connectivity index (χ4v) is 3.12. The molecule has 0 aliphatic rings. The molecule has 1 aromatic heterocycles. The molecule has 3 aromatic rings. The summed E-state index contributed by atoms with van der Waals surface area (Å²) in [5.74, 6) is 0.849. The molecule has 1 heterocycles. The van der Waals surface area contributed by atoms with Gasteiger partial charge in [-0.2, -0.15) is 4.68 Å². The molecule has 21 heavy (non-hydrogen) atoms. The molecule has 0 amide bonds. The number of thioether (sulfide) groups is 2. The highest BCUT2D eigenvalue weighted by molar-refractivity contribution is 7.98. The van der Waals surface area contributed by atoms with Gasteiger partial charge in [-0.05, 0) is 46.5 Å². The summed E-state index contributed by atoms with van der Waals surface area (Å²) >= 11 is 3.38. The standard InChI is InChI=1S/C15H14N4S2/c1-20-14-9-7-12(8-10-14)11-21-15-16-17-18-19(15)13-5-3-2-4-6-13/h2-10H,11H2,1H3. The maximum absolute atomic E-state index is 4.10. The molecule has 0 saturated carbocycles. The Kier molecular flexibility index (Phi) is 4.57. The fraction of sp³-hybridized carbons (Fsp3) is 0.133. The highest BCUT2D eigenvalue weighted by atomic mass is 32.2. The average molecular weight is 314 g/mol. The van der Waals surface area contributed by atoms with Gasteiger partial charge in [-0.25, -0.2) is 0 Å². The number of nitrogens with zero attached hydrogens (tertiary/aromatic N) is 4. The third kappa shape index (κ3) is 3.46. The molecule has 2 aromatic carbocycles. The number of tetrazole rings is 1. The van der Waals surface area contributed by atoms with Crippen LogP contribution in [0, 0.1) is 0 Å². The van der Waals surface area contributed by atoms with Gasteiger partial charge in [-0.1, -0.05) is 42.1 Å². The first-order valence-corrected chi connectivity index (χ1v) is 8.67. The Bertz CT molecular complexity index is 695. The number of hydrogen-bond acceptors (Lipinski definition) is 5. The maximum atomic E-state index is 4.10.